The number of nitriles is 1. The second kappa shape index (κ2) is 8.11. The Kier molecular flexibility index (Phi) is 5.90. The molecule has 0 saturated heterocycles. The number of rotatable bonds is 6. The molecule has 2 N–H and O–H groups in total. The summed E-state index contributed by atoms with van der Waals surface area (Å²) in [6.07, 6.45) is 0.431. The molecule has 2 rings (SSSR count). The lowest BCUT2D eigenvalue weighted by Crippen LogP contribution is -2.27. The number of benzene rings is 1. The van der Waals surface area contributed by atoms with Crippen LogP contribution in [0, 0.1) is 31.1 Å². The lowest BCUT2D eigenvalue weighted by Gasteiger charge is -2.17. The molecule has 0 fully saturated rings. The molecule has 0 aliphatic carbocycles. The number of hydrogen-bond acceptors (Lipinski definition) is 7. The fourth-order valence-corrected chi connectivity index (χ4v) is 2.41. The SMILES string of the molecule is COC(=O)C(CNc1nnc(C)c(C)c1C#N)Cc1ccc(O)cc1. The first-order valence-electron chi connectivity index (χ1n) is 7.79. The highest BCUT2D eigenvalue weighted by Gasteiger charge is 2.21. The molecule has 0 radical (unpaired) electrons. The van der Waals surface area contributed by atoms with E-state index in [-0.39, 0.29) is 18.3 Å². The fourth-order valence-electron chi connectivity index (χ4n) is 2.41. The minimum atomic E-state index is -0.468. The minimum Gasteiger partial charge on any atom is -0.508 e. The quantitative estimate of drug-likeness (QED) is 0.775. The summed E-state index contributed by atoms with van der Waals surface area (Å²) in [4.78, 5) is 12.1. The Morgan fingerprint density at radius 1 is 1.32 bits per heavy atom. The van der Waals surface area contributed by atoms with Crippen LogP contribution in [0.25, 0.3) is 0 Å². The van der Waals surface area contributed by atoms with Gasteiger partial charge in [0, 0.05) is 6.54 Å². The largest absolute Gasteiger partial charge is 0.508 e. The van der Waals surface area contributed by atoms with Crippen molar-refractivity contribution in [3.05, 3.63) is 46.6 Å². The molecule has 1 atom stereocenters. The van der Waals surface area contributed by atoms with E-state index in [4.69, 9.17) is 4.74 Å². The average molecular weight is 340 g/mol. The number of methoxy groups -OCH3 is 1. The van der Waals surface area contributed by atoms with Crippen molar-refractivity contribution in [2.45, 2.75) is 20.3 Å². The van der Waals surface area contributed by atoms with E-state index in [9.17, 15) is 15.2 Å². The van der Waals surface area contributed by atoms with Crippen LogP contribution < -0.4 is 5.32 Å². The van der Waals surface area contributed by atoms with Gasteiger partial charge in [0.05, 0.1) is 18.7 Å². The van der Waals surface area contributed by atoms with Gasteiger partial charge in [0.25, 0.3) is 0 Å². The number of phenols is 1. The molecule has 1 aromatic carbocycles. The van der Waals surface area contributed by atoms with Crippen molar-refractivity contribution in [1.82, 2.24) is 10.2 Å². The van der Waals surface area contributed by atoms with Gasteiger partial charge in [-0.3, -0.25) is 4.79 Å². The maximum absolute atomic E-state index is 12.1. The lowest BCUT2D eigenvalue weighted by atomic mass is 9.99. The third-order valence-electron chi connectivity index (χ3n) is 4.04. The van der Waals surface area contributed by atoms with Gasteiger partial charge in [0.1, 0.15) is 17.4 Å². The van der Waals surface area contributed by atoms with Crippen LogP contribution in [-0.2, 0) is 16.0 Å². The summed E-state index contributed by atoms with van der Waals surface area (Å²) in [7, 11) is 1.34. The van der Waals surface area contributed by atoms with Crippen molar-refractivity contribution >= 4 is 11.8 Å². The highest BCUT2D eigenvalue weighted by atomic mass is 16.5. The van der Waals surface area contributed by atoms with Crippen molar-refractivity contribution < 1.29 is 14.6 Å². The van der Waals surface area contributed by atoms with Gasteiger partial charge in [-0.1, -0.05) is 12.1 Å². The second-order valence-electron chi connectivity index (χ2n) is 5.72. The normalized spacial score (nSPS) is 11.4. The molecule has 1 unspecified atom stereocenters. The topological polar surface area (TPSA) is 108 Å². The Bertz CT molecular complexity index is 797. The van der Waals surface area contributed by atoms with Crippen molar-refractivity contribution in [3.63, 3.8) is 0 Å². The van der Waals surface area contributed by atoms with E-state index in [1.807, 2.05) is 6.92 Å². The van der Waals surface area contributed by atoms with Crippen LogP contribution in [0.5, 0.6) is 5.75 Å². The number of carbonyl (C=O) groups is 1. The summed E-state index contributed by atoms with van der Waals surface area (Å²) < 4.78 is 4.87. The predicted octanol–water partition coefficient (Wildman–Crippen LogP) is 2.11. The van der Waals surface area contributed by atoms with E-state index in [2.05, 4.69) is 21.6 Å². The molecule has 7 heteroatoms. The van der Waals surface area contributed by atoms with Crippen LogP contribution in [0.15, 0.2) is 24.3 Å². The van der Waals surface area contributed by atoms with E-state index >= 15 is 0 Å². The monoisotopic (exact) mass is 340 g/mol. The standard InChI is InChI=1S/C18H20N4O3/c1-11-12(2)21-22-17(16(11)9-19)20-10-14(18(24)25-3)8-13-4-6-15(23)7-5-13/h4-7,14,23H,8,10H2,1-3H3,(H,20,22). The number of aryl methyl sites for hydroxylation is 1. The predicted molar refractivity (Wildman–Crippen MR) is 92.0 cm³/mol. The smallest absolute Gasteiger partial charge is 0.310 e. The Morgan fingerprint density at radius 2 is 2.00 bits per heavy atom. The molecule has 0 aliphatic heterocycles. The van der Waals surface area contributed by atoms with E-state index < -0.39 is 5.92 Å². The number of nitrogens with one attached hydrogen (secondary N) is 1. The van der Waals surface area contributed by atoms with Crippen LogP contribution in [0.2, 0.25) is 0 Å². The first-order chi connectivity index (χ1) is 12.0. The van der Waals surface area contributed by atoms with Crippen molar-refractivity contribution in [2.24, 2.45) is 5.92 Å². The lowest BCUT2D eigenvalue weighted by molar-refractivity contribution is -0.144. The summed E-state index contributed by atoms with van der Waals surface area (Å²) >= 11 is 0. The fraction of sp³-hybridized carbons (Fsp3) is 0.333. The van der Waals surface area contributed by atoms with Gasteiger partial charge in [-0.25, -0.2) is 0 Å². The minimum absolute atomic E-state index is 0.167. The first kappa shape index (κ1) is 18.2. The number of ether oxygens (including phenoxy) is 1. The number of esters is 1. The molecule has 130 valence electrons. The van der Waals surface area contributed by atoms with Gasteiger partial charge in [0.15, 0.2) is 5.82 Å². The number of nitrogens with zero attached hydrogens (tertiary/aromatic N) is 3. The molecule has 7 nitrogen and oxygen atoms in total. The maximum atomic E-state index is 12.1. The molecule has 2 aromatic rings. The van der Waals surface area contributed by atoms with Crippen LogP contribution in [0.3, 0.4) is 0 Å². The molecule has 0 spiro atoms. The van der Waals surface area contributed by atoms with Crippen molar-refractivity contribution in [3.8, 4) is 11.8 Å². The zero-order chi connectivity index (χ0) is 18.4. The number of carbonyl (C=O) groups excluding carboxylic acids is 1. The van der Waals surface area contributed by atoms with Gasteiger partial charge in [0.2, 0.25) is 0 Å². The summed E-state index contributed by atoms with van der Waals surface area (Å²) in [5, 5.41) is 29.8. The molecular weight excluding hydrogens is 320 g/mol. The molecule has 0 bridgehead atoms. The number of phenolic OH excluding ortho intramolecular Hbond substituents is 1. The number of aromatic hydroxyl groups is 1. The highest BCUT2D eigenvalue weighted by molar-refractivity contribution is 5.73. The van der Waals surface area contributed by atoms with Gasteiger partial charge >= 0.3 is 5.97 Å². The third-order valence-corrected chi connectivity index (χ3v) is 4.04. The molecule has 1 aromatic heterocycles. The van der Waals surface area contributed by atoms with Crippen LogP contribution in [-0.4, -0.2) is 34.9 Å². The molecule has 25 heavy (non-hydrogen) atoms. The van der Waals surface area contributed by atoms with E-state index in [0.717, 1.165) is 11.1 Å². The van der Waals surface area contributed by atoms with E-state index in [1.54, 1.807) is 31.2 Å². The zero-order valence-corrected chi connectivity index (χ0v) is 14.4. The first-order valence-corrected chi connectivity index (χ1v) is 7.79. The number of hydrogen-bond donors (Lipinski definition) is 2. The Morgan fingerprint density at radius 3 is 2.60 bits per heavy atom. The average Bonchev–Trinajstić information content (AvgIpc) is 2.62. The maximum Gasteiger partial charge on any atom is 0.310 e. The molecule has 0 saturated carbocycles. The van der Waals surface area contributed by atoms with Gasteiger partial charge < -0.3 is 15.2 Å². The molecular formula is C18H20N4O3. The summed E-state index contributed by atoms with van der Waals surface area (Å²) in [6, 6.07) is 8.76. The van der Waals surface area contributed by atoms with Gasteiger partial charge in [-0.2, -0.15) is 10.4 Å². The van der Waals surface area contributed by atoms with Crippen LogP contribution in [0.1, 0.15) is 22.4 Å². The Labute approximate surface area is 146 Å². The Balaban J connectivity index is 2.16. The second-order valence-corrected chi connectivity index (χ2v) is 5.72. The van der Waals surface area contributed by atoms with Crippen LogP contribution in [0.4, 0.5) is 5.82 Å². The highest BCUT2D eigenvalue weighted by Crippen LogP contribution is 2.19. The Hall–Kier alpha value is -3.14. The van der Waals surface area contributed by atoms with Gasteiger partial charge in [-0.05, 0) is 43.5 Å². The summed E-state index contributed by atoms with van der Waals surface area (Å²) in [6.45, 7) is 3.84. The van der Waals surface area contributed by atoms with E-state index in [0.29, 0.717) is 23.5 Å². The summed E-state index contributed by atoms with van der Waals surface area (Å²) in [5.41, 5.74) is 2.76. The van der Waals surface area contributed by atoms with Crippen LogP contribution >= 0.6 is 0 Å². The van der Waals surface area contributed by atoms with Gasteiger partial charge in [-0.15, -0.1) is 5.10 Å². The van der Waals surface area contributed by atoms with Crippen molar-refractivity contribution in [2.75, 3.05) is 19.0 Å². The molecule has 0 aliphatic rings. The van der Waals surface area contributed by atoms with E-state index in [1.165, 1.54) is 7.11 Å². The number of anilines is 1. The van der Waals surface area contributed by atoms with Crippen molar-refractivity contribution in [1.29, 1.82) is 5.26 Å². The third kappa shape index (κ3) is 4.44. The molecule has 0 amide bonds. The number of aromatic nitrogens is 2. The zero-order valence-electron chi connectivity index (χ0n) is 14.4. The summed E-state index contributed by atoms with van der Waals surface area (Å²) in [5.74, 6) is -0.314. The molecule has 1 heterocycles.